The van der Waals surface area contributed by atoms with Gasteiger partial charge in [0.15, 0.2) is 0 Å². The zero-order valence-corrected chi connectivity index (χ0v) is 42.4. The van der Waals surface area contributed by atoms with Gasteiger partial charge in [0, 0.05) is 58.9 Å². The van der Waals surface area contributed by atoms with E-state index in [1.807, 2.05) is 22.2 Å². The molecule has 22 heteroatoms. The van der Waals surface area contributed by atoms with Gasteiger partial charge in [-0.15, -0.1) is 16.6 Å². The van der Waals surface area contributed by atoms with Crippen LogP contribution in [0.5, 0.6) is 0 Å². The minimum absolute atomic E-state index is 0. The molecule has 380 valence electrons. The third kappa shape index (κ3) is 15.9. The van der Waals surface area contributed by atoms with Gasteiger partial charge in [-0.3, -0.25) is 9.59 Å². The summed E-state index contributed by atoms with van der Waals surface area (Å²) in [5.74, 6) is 4.74. The molecular formula is C46H78ClN16O5-. The summed E-state index contributed by atoms with van der Waals surface area (Å²) in [7, 11) is 0. The van der Waals surface area contributed by atoms with E-state index in [-0.39, 0.29) is 54.7 Å². The fraction of sp³-hybridized carbons (Fsp3) is 0.761. The van der Waals surface area contributed by atoms with Gasteiger partial charge in [0.2, 0.25) is 29.7 Å². The summed E-state index contributed by atoms with van der Waals surface area (Å²) in [5.41, 5.74) is 14.3. The third-order valence-electron chi connectivity index (χ3n) is 12.5. The van der Waals surface area contributed by atoms with E-state index in [9.17, 15) is 9.59 Å². The van der Waals surface area contributed by atoms with E-state index in [1.165, 1.54) is 0 Å². The smallest absolute Gasteiger partial charge is 0.247 e. The average Bonchev–Trinajstić information content (AvgIpc) is 4.02. The number of carbonyl (C=O) groups is 2. The number of halogens is 1. The molecule has 21 nitrogen and oxygen atoms in total. The van der Waals surface area contributed by atoms with Crippen LogP contribution in [0.2, 0.25) is 0 Å². The van der Waals surface area contributed by atoms with Crippen molar-refractivity contribution in [3.8, 4) is 12.3 Å². The maximum absolute atomic E-state index is 14.3. The number of nitrogens with two attached hydrogens (primary N) is 2. The van der Waals surface area contributed by atoms with Crippen molar-refractivity contribution in [1.29, 1.82) is 0 Å². The molecule has 3 aromatic heterocycles. The number of nitrogens with one attached hydrogen (secondary N) is 1. The minimum Gasteiger partial charge on any atom is -1.00 e. The second kappa shape index (κ2) is 28.1. The summed E-state index contributed by atoms with van der Waals surface area (Å²) in [5, 5.41) is 20.9. The van der Waals surface area contributed by atoms with Crippen LogP contribution in [-0.4, -0.2) is 165 Å². The summed E-state index contributed by atoms with van der Waals surface area (Å²) in [6.07, 6.45) is 12.1. The van der Waals surface area contributed by atoms with E-state index in [0.717, 1.165) is 25.7 Å². The van der Waals surface area contributed by atoms with Crippen molar-refractivity contribution >= 4 is 29.7 Å². The molecule has 2 amide bonds. The van der Waals surface area contributed by atoms with Crippen molar-refractivity contribution < 1.29 is 36.2 Å². The molecule has 2 aliphatic rings. The highest BCUT2D eigenvalue weighted by molar-refractivity contribution is 5.81. The zero-order chi connectivity index (χ0) is 48.5. The molecule has 0 aromatic carbocycles. The van der Waals surface area contributed by atoms with Crippen LogP contribution in [0.4, 0.5) is 17.8 Å². The molecule has 2 fully saturated rings. The van der Waals surface area contributed by atoms with Gasteiger partial charge in [0.1, 0.15) is 18.7 Å². The van der Waals surface area contributed by atoms with Crippen molar-refractivity contribution in [2.24, 2.45) is 35.1 Å². The molecule has 0 bridgehead atoms. The first-order valence-corrected chi connectivity index (χ1v) is 24.3. The highest BCUT2D eigenvalue weighted by Crippen LogP contribution is 2.29. The number of hydrogen-bond acceptors (Lipinski definition) is 17. The van der Waals surface area contributed by atoms with Crippen molar-refractivity contribution in [1.82, 2.24) is 54.7 Å². The van der Waals surface area contributed by atoms with Gasteiger partial charge in [-0.25, -0.2) is 9.36 Å². The highest BCUT2D eigenvalue weighted by atomic mass is 35.5. The molecule has 0 spiro atoms. The summed E-state index contributed by atoms with van der Waals surface area (Å²) >= 11 is 0. The largest absolute Gasteiger partial charge is 1.00 e. The van der Waals surface area contributed by atoms with E-state index in [2.05, 4.69) is 97.1 Å². The van der Waals surface area contributed by atoms with Crippen molar-refractivity contribution in [3.63, 3.8) is 0 Å². The number of rotatable bonds is 27. The van der Waals surface area contributed by atoms with Gasteiger partial charge < -0.3 is 63.0 Å². The molecular weight excluding hydrogens is 892 g/mol. The predicted octanol–water partition coefficient (Wildman–Crippen LogP) is 0.117. The van der Waals surface area contributed by atoms with E-state index in [0.29, 0.717) is 133 Å². The van der Waals surface area contributed by atoms with Crippen LogP contribution >= 0.6 is 0 Å². The lowest BCUT2D eigenvalue weighted by Crippen LogP contribution is -3.00. The lowest BCUT2D eigenvalue weighted by molar-refractivity contribution is -0.137. The van der Waals surface area contributed by atoms with Crippen molar-refractivity contribution in [2.75, 3.05) is 114 Å². The molecule has 5 heterocycles. The molecule has 6 atom stereocenters. The van der Waals surface area contributed by atoms with Crippen LogP contribution in [0.3, 0.4) is 0 Å². The first kappa shape index (κ1) is 55.9. The van der Waals surface area contributed by atoms with Gasteiger partial charge in [0.25, 0.3) is 0 Å². The summed E-state index contributed by atoms with van der Waals surface area (Å²) in [6, 6.07) is -1.49. The third-order valence-corrected chi connectivity index (χ3v) is 12.5. The highest BCUT2D eigenvalue weighted by Gasteiger charge is 2.36. The molecule has 68 heavy (non-hydrogen) atoms. The molecule has 5 rings (SSSR count). The Morgan fingerprint density at radius 2 is 1.07 bits per heavy atom. The monoisotopic (exact) mass is 970 g/mol. The Morgan fingerprint density at radius 3 is 1.47 bits per heavy atom. The standard InChI is InChI=1S/C46H78N16O5.ClH/c1-10-22-65-24-26-67-27-25-66-23-13-49-44-50-45(59-18-14-57(15-19-59)42(63)40(34(8)11-2)61-30-38(53-55-61)36(47)28-32(4)5)52-46(51-44)60-20-16-58(17-21-60)43(64)41(35(9)12-3)62-31-39(54-56-62)37(48)29-33(6)7;/h1,30-37,40-41H,11-29,47-48H2,2-9H3,(H,49,50,51,52);1H/p-1. The number of amides is 2. The number of anilines is 3. The zero-order valence-electron chi connectivity index (χ0n) is 41.7. The Morgan fingerprint density at radius 1 is 0.662 bits per heavy atom. The first-order valence-electron chi connectivity index (χ1n) is 24.3. The molecule has 5 N–H and O–H groups in total. The van der Waals surface area contributed by atoms with E-state index in [4.69, 9.17) is 47.1 Å². The van der Waals surface area contributed by atoms with Gasteiger partial charge >= 0.3 is 0 Å². The molecule has 6 unspecified atom stereocenters. The number of carbonyl (C=O) groups excluding carboxylic acids is 2. The topological polar surface area (TPSA) is 239 Å². The predicted molar refractivity (Wildman–Crippen MR) is 257 cm³/mol. The van der Waals surface area contributed by atoms with Crippen molar-refractivity contribution in [3.05, 3.63) is 23.8 Å². The Kier molecular flexibility index (Phi) is 23.1. The number of ether oxygens (including phenoxy) is 3. The van der Waals surface area contributed by atoms with E-state index < -0.39 is 12.1 Å². The Labute approximate surface area is 409 Å². The fourth-order valence-electron chi connectivity index (χ4n) is 8.28. The lowest BCUT2D eigenvalue weighted by Gasteiger charge is -2.38. The first-order chi connectivity index (χ1) is 32.2. The van der Waals surface area contributed by atoms with E-state index >= 15 is 0 Å². The average molecular weight is 971 g/mol. The van der Waals surface area contributed by atoms with Crippen LogP contribution in [0.15, 0.2) is 12.4 Å². The second-order valence-electron chi connectivity index (χ2n) is 18.7. The van der Waals surface area contributed by atoms with Crippen LogP contribution in [-0.2, 0) is 23.8 Å². The summed E-state index contributed by atoms with van der Waals surface area (Å²) in [4.78, 5) is 51.2. The SMILES string of the molecule is C#CCOCCOCCOCCNc1nc(N2CCN(C(=O)C(C(C)CC)n3cc(C(N)CC(C)C)nn3)CC2)nc(N2CCN(C(=O)C(C(C)CC)n3cc(C(N)CC(C)C)nn3)CC2)n1.[Cl-]. The Bertz CT molecular complexity index is 1880. The van der Waals surface area contributed by atoms with Gasteiger partial charge in [-0.1, -0.05) is 84.6 Å². The number of terminal acetylenes is 1. The lowest BCUT2D eigenvalue weighted by atomic mass is 9.97. The minimum atomic E-state index is -0.502. The quantitative estimate of drug-likeness (QED) is 0.0679. The van der Waals surface area contributed by atoms with Gasteiger partial charge in [0.05, 0.1) is 68.9 Å². The molecule has 0 aliphatic carbocycles. The van der Waals surface area contributed by atoms with E-state index in [1.54, 1.807) is 9.36 Å². The maximum atomic E-state index is 14.3. The summed E-state index contributed by atoms with van der Waals surface area (Å²) < 4.78 is 20.0. The normalized spacial score (nSPS) is 17.1. The number of hydrogen-bond donors (Lipinski definition) is 3. The van der Waals surface area contributed by atoms with Crippen LogP contribution in [0.1, 0.15) is 117 Å². The second-order valence-corrected chi connectivity index (χ2v) is 18.7. The molecule has 0 saturated carbocycles. The van der Waals surface area contributed by atoms with Gasteiger partial charge in [-0.2, -0.15) is 15.0 Å². The number of nitrogens with zero attached hydrogens (tertiary/aromatic N) is 13. The van der Waals surface area contributed by atoms with Gasteiger partial charge in [-0.05, 0) is 36.5 Å². The molecule has 3 aromatic rings. The molecule has 0 radical (unpaired) electrons. The Balaban J connectivity index is 0.0000101. The molecule has 2 aliphatic heterocycles. The number of aromatic nitrogens is 9. The summed E-state index contributed by atoms with van der Waals surface area (Å²) in [6.45, 7) is 23.6. The number of piperazine rings is 2. The Hall–Kier alpha value is -4.72. The maximum Gasteiger partial charge on any atom is 0.247 e. The molecule has 2 saturated heterocycles. The van der Waals surface area contributed by atoms with Crippen molar-refractivity contribution in [2.45, 2.75) is 105 Å². The van der Waals surface area contributed by atoms with Crippen LogP contribution in [0.25, 0.3) is 0 Å². The van der Waals surface area contributed by atoms with Crippen LogP contribution in [0, 0.1) is 36.0 Å². The van der Waals surface area contributed by atoms with Crippen LogP contribution < -0.4 is 39.0 Å². The fourth-order valence-corrected chi connectivity index (χ4v) is 8.28.